The average Bonchev–Trinajstić information content (AvgIpc) is 1.88. The van der Waals surface area contributed by atoms with Gasteiger partial charge in [0.15, 0.2) is 0 Å². The maximum Gasteiger partial charge on any atom is 0.202 e. The van der Waals surface area contributed by atoms with E-state index in [-0.39, 0.29) is 22.9 Å². The summed E-state index contributed by atoms with van der Waals surface area (Å²) in [5.41, 5.74) is 5.10. The van der Waals surface area contributed by atoms with Gasteiger partial charge in [0.25, 0.3) is 0 Å². The Morgan fingerprint density at radius 1 is 1.45 bits per heavy atom. The Balaban J connectivity index is 0. The first-order valence-electron chi connectivity index (χ1n) is 3.54. The summed E-state index contributed by atoms with van der Waals surface area (Å²) in [7, 11) is 0. The molecule has 0 radical (unpaired) electrons. The van der Waals surface area contributed by atoms with Gasteiger partial charge in [0, 0.05) is 6.54 Å². The molecule has 0 bridgehead atoms. The monoisotopic (exact) mass is 224 g/mol. The van der Waals surface area contributed by atoms with E-state index in [2.05, 4.69) is 6.92 Å². The van der Waals surface area contributed by atoms with Gasteiger partial charge in [-0.25, -0.2) is 5.84 Å². The van der Waals surface area contributed by atoms with Crippen LogP contribution >= 0.6 is 17.0 Å². The predicted molar refractivity (Wildman–Crippen MR) is 52.7 cm³/mol. The smallest absolute Gasteiger partial charge is 0.202 e. The molecule has 0 aliphatic carbocycles. The predicted octanol–water partition coefficient (Wildman–Crippen LogP) is 0.824. The van der Waals surface area contributed by atoms with E-state index in [1.807, 2.05) is 0 Å². The van der Waals surface area contributed by atoms with E-state index in [9.17, 15) is 0 Å². The molecular formula is C6H17BrN4. The van der Waals surface area contributed by atoms with Crippen LogP contribution in [0.25, 0.3) is 0 Å². The molecule has 0 aliphatic rings. The van der Waals surface area contributed by atoms with Crippen molar-refractivity contribution in [2.45, 2.75) is 26.2 Å². The summed E-state index contributed by atoms with van der Waals surface area (Å²) in [5.74, 6) is 5.28. The minimum absolute atomic E-state index is 0. The van der Waals surface area contributed by atoms with Gasteiger partial charge >= 0.3 is 0 Å². The first-order chi connectivity index (χ1) is 4.68. The highest BCUT2D eigenvalue weighted by molar-refractivity contribution is 8.93. The minimum Gasteiger partial charge on any atom is -0.369 e. The minimum atomic E-state index is -0.0592. The van der Waals surface area contributed by atoms with Crippen molar-refractivity contribution in [3.05, 3.63) is 0 Å². The summed E-state index contributed by atoms with van der Waals surface area (Å²) in [5, 5.41) is 8.17. The van der Waals surface area contributed by atoms with E-state index < -0.39 is 0 Å². The third kappa shape index (κ3) is 7.61. The van der Waals surface area contributed by atoms with E-state index in [4.69, 9.17) is 17.0 Å². The van der Waals surface area contributed by atoms with Gasteiger partial charge in [0.05, 0.1) is 0 Å². The Morgan fingerprint density at radius 3 is 2.36 bits per heavy atom. The zero-order chi connectivity index (χ0) is 7.98. The van der Waals surface area contributed by atoms with E-state index in [0.717, 1.165) is 19.3 Å². The van der Waals surface area contributed by atoms with Crippen molar-refractivity contribution in [1.29, 1.82) is 5.41 Å². The summed E-state index contributed by atoms with van der Waals surface area (Å²) < 4.78 is 0. The maximum absolute atomic E-state index is 6.91. The molecule has 0 unspecified atom stereocenters. The number of hydrogen-bond acceptors (Lipinski definition) is 2. The number of nitrogens with zero attached hydrogens (tertiary/aromatic N) is 1. The van der Waals surface area contributed by atoms with E-state index in [0.29, 0.717) is 6.54 Å². The van der Waals surface area contributed by atoms with Gasteiger partial charge in [-0.3, -0.25) is 10.4 Å². The third-order valence-electron chi connectivity index (χ3n) is 1.31. The lowest BCUT2D eigenvalue weighted by Gasteiger charge is -2.14. The lowest BCUT2D eigenvalue weighted by atomic mass is 10.2. The van der Waals surface area contributed by atoms with Crippen LogP contribution in [0.2, 0.25) is 0 Å². The van der Waals surface area contributed by atoms with Crippen molar-refractivity contribution in [3.63, 3.8) is 0 Å². The zero-order valence-corrected chi connectivity index (χ0v) is 8.55. The molecule has 0 atom stereocenters. The molecule has 4 nitrogen and oxygen atoms in total. The van der Waals surface area contributed by atoms with Crippen LogP contribution in [0.15, 0.2) is 0 Å². The van der Waals surface area contributed by atoms with Crippen LogP contribution in [0.5, 0.6) is 0 Å². The number of nitrogens with two attached hydrogens (primary N) is 2. The van der Waals surface area contributed by atoms with E-state index in [1.54, 1.807) is 0 Å². The molecule has 68 valence electrons. The number of hydrazine groups is 1. The first-order valence-corrected chi connectivity index (χ1v) is 3.54. The highest BCUT2D eigenvalue weighted by Crippen LogP contribution is 1.93. The topological polar surface area (TPSA) is 79.1 Å². The summed E-state index contributed by atoms with van der Waals surface area (Å²) in [4.78, 5) is 0. The molecule has 0 amide bonds. The molecule has 5 heteroatoms. The summed E-state index contributed by atoms with van der Waals surface area (Å²) in [6, 6.07) is 0. The number of halogens is 1. The SMILES string of the molecule is Br.CCCCCN(N)C(=N)N. The fourth-order valence-corrected chi connectivity index (χ4v) is 0.653. The van der Waals surface area contributed by atoms with E-state index >= 15 is 0 Å². The summed E-state index contributed by atoms with van der Waals surface area (Å²) in [6.45, 7) is 2.80. The Bertz CT molecular complexity index is 107. The summed E-state index contributed by atoms with van der Waals surface area (Å²) in [6.07, 6.45) is 3.30. The van der Waals surface area contributed by atoms with Gasteiger partial charge in [-0.15, -0.1) is 17.0 Å². The molecular weight excluding hydrogens is 208 g/mol. The Morgan fingerprint density at radius 2 is 2.00 bits per heavy atom. The van der Waals surface area contributed by atoms with Crippen LogP contribution in [-0.4, -0.2) is 17.5 Å². The van der Waals surface area contributed by atoms with Crippen LogP contribution in [-0.2, 0) is 0 Å². The lowest BCUT2D eigenvalue weighted by molar-refractivity contribution is 0.414. The largest absolute Gasteiger partial charge is 0.369 e. The van der Waals surface area contributed by atoms with Gasteiger partial charge in [-0.2, -0.15) is 0 Å². The van der Waals surface area contributed by atoms with Crippen molar-refractivity contribution < 1.29 is 0 Å². The van der Waals surface area contributed by atoms with Crippen LogP contribution in [0, 0.1) is 5.41 Å². The number of rotatable bonds is 4. The molecule has 0 saturated heterocycles. The second kappa shape index (κ2) is 7.81. The zero-order valence-electron chi connectivity index (χ0n) is 6.84. The quantitative estimate of drug-likeness (QED) is 0.218. The van der Waals surface area contributed by atoms with Gasteiger partial charge in [-0.05, 0) is 6.42 Å². The molecule has 0 aromatic heterocycles. The molecule has 0 aliphatic heterocycles. The van der Waals surface area contributed by atoms with Gasteiger partial charge in [-0.1, -0.05) is 19.8 Å². The molecule has 5 N–H and O–H groups in total. The molecule has 0 rings (SSSR count). The van der Waals surface area contributed by atoms with Crippen LogP contribution in [0.3, 0.4) is 0 Å². The second-order valence-electron chi connectivity index (χ2n) is 2.29. The summed E-state index contributed by atoms with van der Waals surface area (Å²) >= 11 is 0. The van der Waals surface area contributed by atoms with Gasteiger partial charge in [0.1, 0.15) is 0 Å². The maximum atomic E-state index is 6.91. The average molecular weight is 225 g/mol. The van der Waals surface area contributed by atoms with Crippen LogP contribution in [0.4, 0.5) is 0 Å². The third-order valence-corrected chi connectivity index (χ3v) is 1.31. The van der Waals surface area contributed by atoms with Crippen molar-refractivity contribution in [1.82, 2.24) is 5.01 Å². The molecule has 0 spiro atoms. The molecule has 0 fully saturated rings. The normalized spacial score (nSPS) is 8.55. The van der Waals surface area contributed by atoms with E-state index in [1.165, 1.54) is 5.01 Å². The number of nitrogens with one attached hydrogen (secondary N) is 1. The lowest BCUT2D eigenvalue weighted by Crippen LogP contribution is -2.42. The highest BCUT2D eigenvalue weighted by Gasteiger charge is 1.97. The van der Waals surface area contributed by atoms with Crippen LogP contribution in [0.1, 0.15) is 26.2 Å². The number of guanidine groups is 1. The van der Waals surface area contributed by atoms with Crippen molar-refractivity contribution in [3.8, 4) is 0 Å². The fourth-order valence-electron chi connectivity index (χ4n) is 0.653. The highest BCUT2D eigenvalue weighted by atomic mass is 79.9. The van der Waals surface area contributed by atoms with Crippen molar-refractivity contribution >= 4 is 22.9 Å². The molecule has 0 aromatic rings. The Labute approximate surface area is 78.2 Å². The Kier molecular flexibility index (Phi) is 9.45. The van der Waals surface area contributed by atoms with Gasteiger partial charge in [0.2, 0.25) is 5.96 Å². The van der Waals surface area contributed by atoms with Crippen molar-refractivity contribution in [2.75, 3.05) is 6.54 Å². The Hall–Kier alpha value is -0.290. The number of unbranched alkanes of at least 4 members (excludes halogenated alkanes) is 2. The molecule has 0 heterocycles. The first kappa shape index (κ1) is 13.3. The standard InChI is InChI=1S/C6H16N4.BrH/c1-2-3-4-5-10(9)6(7)8;/h2-5,9H2,1H3,(H3,7,8);1H. The molecule has 0 aromatic carbocycles. The van der Waals surface area contributed by atoms with Crippen molar-refractivity contribution in [2.24, 2.45) is 11.6 Å². The second-order valence-corrected chi connectivity index (χ2v) is 2.29. The molecule has 0 saturated carbocycles. The number of hydrogen-bond donors (Lipinski definition) is 3. The molecule has 11 heavy (non-hydrogen) atoms. The van der Waals surface area contributed by atoms with Crippen LogP contribution < -0.4 is 11.6 Å². The van der Waals surface area contributed by atoms with Gasteiger partial charge < -0.3 is 5.73 Å². The fraction of sp³-hybridized carbons (Fsp3) is 0.833.